The van der Waals surface area contributed by atoms with Crippen molar-refractivity contribution in [1.29, 1.82) is 0 Å². The second-order valence-electron chi connectivity index (χ2n) is 5.78. The predicted molar refractivity (Wildman–Crippen MR) is 62.4 cm³/mol. The van der Waals surface area contributed by atoms with Gasteiger partial charge in [-0.1, -0.05) is 26.5 Å². The molecule has 13 heavy (non-hydrogen) atoms. The lowest BCUT2D eigenvalue weighted by atomic mass is 10.2. The van der Waals surface area contributed by atoms with Crippen LogP contribution in [-0.2, 0) is 4.43 Å². The standard InChI is InChI=1S/C11H24OSi/c1-9-13(8,11(5,6)7)12-10(2,3)4/h9H,1H2,2-8H3. The Kier molecular flexibility index (Phi) is 3.56. The second-order valence-corrected chi connectivity index (χ2v) is 10.1. The molecule has 0 amide bonds. The highest BCUT2D eigenvalue weighted by Crippen LogP contribution is 2.39. The summed E-state index contributed by atoms with van der Waals surface area (Å²) < 4.78 is 6.16. The third-order valence-corrected chi connectivity index (χ3v) is 7.19. The van der Waals surface area contributed by atoms with Crippen LogP contribution in [0.2, 0.25) is 11.6 Å². The van der Waals surface area contributed by atoms with Gasteiger partial charge in [0.2, 0.25) is 8.32 Å². The van der Waals surface area contributed by atoms with E-state index >= 15 is 0 Å². The summed E-state index contributed by atoms with van der Waals surface area (Å²) in [6, 6.07) is 0. The molecule has 0 aromatic carbocycles. The highest BCUT2D eigenvalue weighted by atomic mass is 28.4. The van der Waals surface area contributed by atoms with Crippen molar-refractivity contribution in [3.8, 4) is 0 Å². The molecule has 0 saturated heterocycles. The Hall–Kier alpha value is -0.0831. The van der Waals surface area contributed by atoms with Crippen molar-refractivity contribution in [2.45, 2.75) is 58.7 Å². The summed E-state index contributed by atoms with van der Waals surface area (Å²) in [4.78, 5) is 0. The average Bonchev–Trinajstić information content (AvgIpc) is 1.81. The minimum Gasteiger partial charge on any atom is -0.408 e. The van der Waals surface area contributed by atoms with E-state index in [2.05, 4.69) is 54.7 Å². The zero-order chi connectivity index (χ0) is 10.9. The van der Waals surface area contributed by atoms with E-state index in [0.717, 1.165) is 0 Å². The third kappa shape index (κ3) is 3.65. The quantitative estimate of drug-likeness (QED) is 0.614. The van der Waals surface area contributed by atoms with Crippen LogP contribution in [0, 0.1) is 0 Å². The van der Waals surface area contributed by atoms with E-state index in [4.69, 9.17) is 4.43 Å². The maximum absolute atomic E-state index is 6.16. The fourth-order valence-corrected chi connectivity index (χ4v) is 3.41. The van der Waals surface area contributed by atoms with E-state index in [-0.39, 0.29) is 10.6 Å². The van der Waals surface area contributed by atoms with E-state index < -0.39 is 8.32 Å². The molecule has 0 saturated carbocycles. The summed E-state index contributed by atoms with van der Waals surface area (Å²) in [6.45, 7) is 19.1. The van der Waals surface area contributed by atoms with Crippen molar-refractivity contribution >= 4 is 8.32 Å². The molecule has 0 aliphatic rings. The van der Waals surface area contributed by atoms with E-state index in [1.807, 2.05) is 5.70 Å². The number of hydrogen-bond donors (Lipinski definition) is 0. The van der Waals surface area contributed by atoms with Gasteiger partial charge in [-0.3, -0.25) is 0 Å². The maximum atomic E-state index is 6.16. The first-order valence-corrected chi connectivity index (χ1v) is 7.34. The van der Waals surface area contributed by atoms with E-state index in [9.17, 15) is 0 Å². The normalized spacial score (nSPS) is 18.1. The van der Waals surface area contributed by atoms with E-state index in [0.29, 0.717) is 0 Å². The van der Waals surface area contributed by atoms with Gasteiger partial charge < -0.3 is 4.43 Å². The summed E-state index contributed by atoms with van der Waals surface area (Å²) in [6.07, 6.45) is 0. The van der Waals surface area contributed by atoms with Gasteiger partial charge in [0, 0.05) is 5.60 Å². The number of rotatable bonds is 2. The van der Waals surface area contributed by atoms with Gasteiger partial charge in [-0.25, -0.2) is 0 Å². The van der Waals surface area contributed by atoms with Crippen LogP contribution in [0.15, 0.2) is 12.3 Å². The molecule has 0 fully saturated rings. The maximum Gasteiger partial charge on any atom is 0.219 e. The first-order valence-electron chi connectivity index (χ1n) is 4.86. The molecule has 0 N–H and O–H groups in total. The van der Waals surface area contributed by atoms with Crippen LogP contribution in [0.4, 0.5) is 0 Å². The second kappa shape index (κ2) is 3.58. The van der Waals surface area contributed by atoms with Crippen LogP contribution in [0.25, 0.3) is 0 Å². The molecule has 1 nitrogen and oxygen atoms in total. The van der Waals surface area contributed by atoms with Crippen molar-refractivity contribution in [3.05, 3.63) is 12.3 Å². The average molecular weight is 200 g/mol. The molecular weight excluding hydrogens is 176 g/mol. The van der Waals surface area contributed by atoms with Crippen molar-refractivity contribution in [2.75, 3.05) is 0 Å². The first-order chi connectivity index (χ1) is 5.52. The summed E-state index contributed by atoms with van der Waals surface area (Å²) in [5.74, 6) is 0. The predicted octanol–water partition coefficient (Wildman–Crippen LogP) is 3.90. The zero-order valence-corrected chi connectivity index (χ0v) is 11.2. The zero-order valence-electron chi connectivity index (χ0n) is 10.2. The van der Waals surface area contributed by atoms with Gasteiger partial charge in [0.1, 0.15) is 0 Å². The van der Waals surface area contributed by atoms with Crippen LogP contribution in [0.3, 0.4) is 0 Å². The first kappa shape index (κ1) is 12.9. The van der Waals surface area contributed by atoms with Crippen LogP contribution < -0.4 is 0 Å². The van der Waals surface area contributed by atoms with Gasteiger partial charge in [-0.05, 0) is 32.4 Å². The van der Waals surface area contributed by atoms with Crippen molar-refractivity contribution in [1.82, 2.24) is 0 Å². The third-order valence-electron chi connectivity index (χ3n) is 2.40. The molecule has 0 aliphatic heterocycles. The molecule has 0 aromatic rings. The minimum atomic E-state index is -1.80. The highest BCUT2D eigenvalue weighted by molar-refractivity contribution is 6.80. The molecule has 0 aliphatic carbocycles. The Morgan fingerprint density at radius 1 is 1.08 bits per heavy atom. The van der Waals surface area contributed by atoms with Crippen LogP contribution >= 0.6 is 0 Å². The molecule has 0 heterocycles. The lowest BCUT2D eigenvalue weighted by molar-refractivity contribution is 0.114. The molecule has 78 valence electrons. The Morgan fingerprint density at radius 2 is 1.46 bits per heavy atom. The topological polar surface area (TPSA) is 9.23 Å². The molecule has 2 heteroatoms. The van der Waals surface area contributed by atoms with E-state index in [1.54, 1.807) is 0 Å². The van der Waals surface area contributed by atoms with Crippen molar-refractivity contribution in [2.24, 2.45) is 0 Å². The van der Waals surface area contributed by atoms with Gasteiger partial charge >= 0.3 is 0 Å². The van der Waals surface area contributed by atoms with Crippen LogP contribution in [0.5, 0.6) is 0 Å². The lowest BCUT2D eigenvalue weighted by Crippen LogP contribution is -2.47. The van der Waals surface area contributed by atoms with Crippen LogP contribution in [-0.4, -0.2) is 13.9 Å². The summed E-state index contributed by atoms with van der Waals surface area (Å²) in [5.41, 5.74) is 1.97. The Morgan fingerprint density at radius 3 is 1.54 bits per heavy atom. The summed E-state index contributed by atoms with van der Waals surface area (Å²) in [5, 5.41) is 0.210. The van der Waals surface area contributed by atoms with Gasteiger partial charge in [0.25, 0.3) is 0 Å². The monoisotopic (exact) mass is 200 g/mol. The molecule has 0 rings (SSSR count). The van der Waals surface area contributed by atoms with Crippen LogP contribution in [0.1, 0.15) is 41.5 Å². The molecule has 1 unspecified atom stereocenters. The van der Waals surface area contributed by atoms with Crippen molar-refractivity contribution in [3.63, 3.8) is 0 Å². The molecule has 1 atom stereocenters. The Bertz CT molecular complexity index is 185. The smallest absolute Gasteiger partial charge is 0.219 e. The van der Waals surface area contributed by atoms with Gasteiger partial charge in [-0.2, -0.15) is 0 Å². The van der Waals surface area contributed by atoms with Gasteiger partial charge in [0.05, 0.1) is 0 Å². The van der Waals surface area contributed by atoms with E-state index in [1.165, 1.54) is 0 Å². The molecule has 0 aromatic heterocycles. The molecule has 0 spiro atoms. The largest absolute Gasteiger partial charge is 0.408 e. The van der Waals surface area contributed by atoms with Gasteiger partial charge in [0.15, 0.2) is 0 Å². The fourth-order valence-electron chi connectivity index (χ4n) is 1.14. The van der Waals surface area contributed by atoms with Gasteiger partial charge in [-0.15, -0.1) is 6.58 Å². The minimum absolute atomic E-state index is 0.0670. The fraction of sp³-hybridized carbons (Fsp3) is 0.818. The molecule has 0 radical (unpaired) electrons. The SMILES string of the molecule is C=C[Si](C)(OC(C)(C)C)C(C)(C)C. The Balaban J connectivity index is 4.77. The molecular formula is C11H24OSi. The summed E-state index contributed by atoms with van der Waals surface area (Å²) in [7, 11) is -1.80. The summed E-state index contributed by atoms with van der Waals surface area (Å²) >= 11 is 0. The Labute approximate surface area is 84.3 Å². The van der Waals surface area contributed by atoms with Crippen molar-refractivity contribution < 1.29 is 4.43 Å². The lowest BCUT2D eigenvalue weighted by Gasteiger charge is -2.41. The highest BCUT2D eigenvalue weighted by Gasteiger charge is 2.41. The number of hydrogen-bond acceptors (Lipinski definition) is 1. The molecule has 0 bridgehead atoms.